The van der Waals surface area contributed by atoms with E-state index in [0.717, 1.165) is 18.0 Å². The van der Waals surface area contributed by atoms with Gasteiger partial charge >= 0.3 is 0 Å². The summed E-state index contributed by atoms with van der Waals surface area (Å²) in [5.41, 5.74) is 2.79. The monoisotopic (exact) mass is 232 g/mol. The Morgan fingerprint density at radius 1 is 1.41 bits per heavy atom. The first-order chi connectivity index (χ1) is 8.10. The Bertz CT molecular complexity index is 348. The van der Waals surface area contributed by atoms with E-state index in [1.807, 2.05) is 13.1 Å². The first-order valence-electron chi connectivity index (χ1n) is 6.76. The van der Waals surface area contributed by atoms with Crippen LogP contribution in [0.5, 0.6) is 0 Å². The molecule has 94 valence electrons. The third-order valence-electron chi connectivity index (χ3n) is 3.65. The van der Waals surface area contributed by atoms with E-state index in [9.17, 15) is 0 Å². The van der Waals surface area contributed by atoms with E-state index in [4.69, 9.17) is 0 Å². The van der Waals surface area contributed by atoms with Crippen molar-refractivity contribution < 1.29 is 0 Å². The predicted molar refractivity (Wildman–Crippen MR) is 72.1 cm³/mol. The lowest BCUT2D eigenvalue weighted by molar-refractivity contribution is 0.301. The fourth-order valence-corrected chi connectivity index (χ4v) is 3.04. The molecule has 1 N–H and O–H groups in total. The third kappa shape index (κ3) is 3.29. The largest absolute Gasteiger partial charge is 0.311 e. The van der Waals surface area contributed by atoms with E-state index in [0.29, 0.717) is 5.54 Å². The Kier molecular flexibility index (Phi) is 3.82. The van der Waals surface area contributed by atoms with E-state index in [2.05, 4.69) is 36.3 Å². The van der Waals surface area contributed by atoms with E-state index >= 15 is 0 Å². The second-order valence-electron chi connectivity index (χ2n) is 5.89. The molecule has 0 spiro atoms. The van der Waals surface area contributed by atoms with E-state index in [-0.39, 0.29) is 0 Å². The maximum Gasteiger partial charge on any atom is 0.0372 e. The minimum absolute atomic E-state index is 0.325. The van der Waals surface area contributed by atoms with E-state index in [1.54, 1.807) is 0 Å². The molecule has 1 aromatic rings. The predicted octanol–water partition coefficient (Wildman–Crippen LogP) is 3.10. The van der Waals surface area contributed by atoms with Gasteiger partial charge in [-0.1, -0.05) is 19.9 Å². The molecular formula is C15H24N2. The van der Waals surface area contributed by atoms with Gasteiger partial charge in [0.2, 0.25) is 0 Å². The number of nitrogens with zero attached hydrogens (tertiary/aromatic N) is 1. The fourth-order valence-electron chi connectivity index (χ4n) is 3.04. The molecule has 2 nitrogen and oxygen atoms in total. The number of aryl methyl sites for hydroxylation is 1. The van der Waals surface area contributed by atoms with Crippen molar-refractivity contribution in [2.24, 2.45) is 5.92 Å². The Balaban J connectivity index is 2.09. The van der Waals surface area contributed by atoms with Crippen molar-refractivity contribution in [3.05, 3.63) is 29.6 Å². The lowest BCUT2D eigenvalue weighted by Crippen LogP contribution is -2.43. The van der Waals surface area contributed by atoms with Crippen LogP contribution in [0.25, 0.3) is 0 Å². The zero-order valence-electron chi connectivity index (χ0n) is 11.3. The second kappa shape index (κ2) is 5.18. The highest BCUT2D eigenvalue weighted by Gasteiger charge is 2.33. The molecule has 1 fully saturated rings. The van der Waals surface area contributed by atoms with Crippen LogP contribution in [-0.2, 0) is 6.42 Å². The molecule has 1 unspecified atom stereocenters. The van der Waals surface area contributed by atoms with Crippen molar-refractivity contribution in [3.8, 4) is 0 Å². The lowest BCUT2D eigenvalue weighted by atomic mass is 9.82. The number of rotatable bonds is 4. The van der Waals surface area contributed by atoms with Gasteiger partial charge in [-0.05, 0) is 56.7 Å². The van der Waals surface area contributed by atoms with Gasteiger partial charge in [0.05, 0.1) is 0 Å². The number of hydrogen-bond acceptors (Lipinski definition) is 2. The minimum atomic E-state index is 0.325. The summed E-state index contributed by atoms with van der Waals surface area (Å²) in [4.78, 5) is 4.40. The molecule has 0 radical (unpaired) electrons. The summed E-state index contributed by atoms with van der Waals surface area (Å²) >= 11 is 0. The smallest absolute Gasteiger partial charge is 0.0372 e. The van der Waals surface area contributed by atoms with Crippen LogP contribution in [0.15, 0.2) is 18.3 Å². The molecule has 17 heavy (non-hydrogen) atoms. The Morgan fingerprint density at radius 2 is 2.24 bits per heavy atom. The fraction of sp³-hybridized carbons (Fsp3) is 0.667. The Morgan fingerprint density at radius 3 is 2.76 bits per heavy atom. The SMILES string of the molecule is Cc1ccc(CC2(CC(C)C)CCCN2)cn1. The van der Waals surface area contributed by atoms with Crippen molar-refractivity contribution in [2.45, 2.75) is 52.0 Å². The first kappa shape index (κ1) is 12.6. The van der Waals surface area contributed by atoms with Crippen LogP contribution >= 0.6 is 0 Å². The molecule has 1 atom stereocenters. The molecule has 0 amide bonds. The number of hydrogen-bond donors (Lipinski definition) is 1. The van der Waals surface area contributed by atoms with Crippen molar-refractivity contribution in [1.29, 1.82) is 0 Å². The quantitative estimate of drug-likeness (QED) is 0.863. The molecule has 1 aliphatic rings. The molecule has 0 aliphatic carbocycles. The highest BCUT2D eigenvalue weighted by atomic mass is 15.0. The summed E-state index contributed by atoms with van der Waals surface area (Å²) < 4.78 is 0. The summed E-state index contributed by atoms with van der Waals surface area (Å²) in [6.07, 6.45) is 7.04. The average molecular weight is 232 g/mol. The maximum atomic E-state index is 4.40. The normalized spacial score (nSPS) is 24.5. The van der Waals surface area contributed by atoms with Crippen LogP contribution in [0, 0.1) is 12.8 Å². The van der Waals surface area contributed by atoms with Gasteiger partial charge in [-0.15, -0.1) is 0 Å². The molecule has 2 heteroatoms. The third-order valence-corrected chi connectivity index (χ3v) is 3.65. The van der Waals surface area contributed by atoms with Crippen LogP contribution in [0.3, 0.4) is 0 Å². The molecule has 1 aliphatic heterocycles. The summed E-state index contributed by atoms with van der Waals surface area (Å²) in [6, 6.07) is 4.35. The summed E-state index contributed by atoms with van der Waals surface area (Å²) in [6.45, 7) is 7.85. The molecule has 2 heterocycles. The molecule has 0 saturated carbocycles. The summed E-state index contributed by atoms with van der Waals surface area (Å²) in [5, 5.41) is 3.74. The standard InChI is InChI=1S/C15H24N2/c1-12(2)9-15(7-4-8-17-15)10-14-6-5-13(3)16-11-14/h5-6,11-12,17H,4,7-10H2,1-3H3. The van der Waals surface area contributed by atoms with Gasteiger partial charge < -0.3 is 5.32 Å². The van der Waals surface area contributed by atoms with Gasteiger partial charge in [-0.3, -0.25) is 4.98 Å². The van der Waals surface area contributed by atoms with Crippen LogP contribution in [0.2, 0.25) is 0 Å². The van der Waals surface area contributed by atoms with Gasteiger partial charge in [0.1, 0.15) is 0 Å². The van der Waals surface area contributed by atoms with Crippen LogP contribution in [0.1, 0.15) is 44.4 Å². The van der Waals surface area contributed by atoms with Crippen LogP contribution < -0.4 is 5.32 Å². The lowest BCUT2D eigenvalue weighted by Gasteiger charge is -2.31. The van der Waals surface area contributed by atoms with Crippen LogP contribution in [0.4, 0.5) is 0 Å². The Labute approximate surface area is 105 Å². The Hall–Kier alpha value is -0.890. The highest BCUT2D eigenvalue weighted by Crippen LogP contribution is 2.30. The first-order valence-corrected chi connectivity index (χ1v) is 6.76. The van der Waals surface area contributed by atoms with E-state index in [1.165, 1.54) is 31.4 Å². The number of pyridine rings is 1. The number of aromatic nitrogens is 1. The minimum Gasteiger partial charge on any atom is -0.311 e. The molecular weight excluding hydrogens is 208 g/mol. The van der Waals surface area contributed by atoms with Crippen molar-refractivity contribution in [3.63, 3.8) is 0 Å². The summed E-state index contributed by atoms with van der Waals surface area (Å²) in [5.74, 6) is 0.749. The van der Waals surface area contributed by atoms with E-state index < -0.39 is 0 Å². The molecule has 2 rings (SSSR count). The molecule has 1 aromatic heterocycles. The van der Waals surface area contributed by atoms with Gasteiger partial charge in [0, 0.05) is 17.4 Å². The van der Waals surface area contributed by atoms with Crippen molar-refractivity contribution in [2.75, 3.05) is 6.54 Å². The zero-order valence-corrected chi connectivity index (χ0v) is 11.3. The zero-order chi connectivity index (χ0) is 12.3. The maximum absolute atomic E-state index is 4.40. The molecule has 0 bridgehead atoms. The second-order valence-corrected chi connectivity index (χ2v) is 5.89. The topological polar surface area (TPSA) is 24.9 Å². The molecule has 0 aromatic carbocycles. The van der Waals surface area contributed by atoms with Crippen LogP contribution in [-0.4, -0.2) is 17.1 Å². The van der Waals surface area contributed by atoms with Gasteiger partial charge in [0.15, 0.2) is 0 Å². The average Bonchev–Trinajstić information content (AvgIpc) is 2.69. The molecule has 1 saturated heterocycles. The summed E-state index contributed by atoms with van der Waals surface area (Å²) in [7, 11) is 0. The number of nitrogens with one attached hydrogen (secondary N) is 1. The highest BCUT2D eigenvalue weighted by molar-refractivity contribution is 5.17. The van der Waals surface area contributed by atoms with Crippen molar-refractivity contribution in [1.82, 2.24) is 10.3 Å². The van der Waals surface area contributed by atoms with Gasteiger partial charge in [-0.25, -0.2) is 0 Å². The van der Waals surface area contributed by atoms with Crippen molar-refractivity contribution >= 4 is 0 Å². The van der Waals surface area contributed by atoms with Gasteiger partial charge in [-0.2, -0.15) is 0 Å². The van der Waals surface area contributed by atoms with Gasteiger partial charge in [0.25, 0.3) is 0 Å².